The number of aliphatic hydroxyl groups is 1. The quantitative estimate of drug-likeness (QED) is 0.598. The predicted molar refractivity (Wildman–Crippen MR) is 133 cm³/mol. The number of hydrogen-bond donors (Lipinski definition) is 2. The average molecular weight is 457 g/mol. The Morgan fingerprint density at radius 2 is 1.71 bits per heavy atom. The van der Waals surface area contributed by atoms with E-state index in [0.29, 0.717) is 11.3 Å². The van der Waals surface area contributed by atoms with Gasteiger partial charge in [-0.1, -0.05) is 66.2 Å². The fourth-order valence-corrected chi connectivity index (χ4v) is 5.70. The number of aliphatic hydroxyl groups excluding tert-OH is 1. The third kappa shape index (κ3) is 3.99. The van der Waals surface area contributed by atoms with Crippen LogP contribution in [0.5, 0.6) is 5.75 Å². The number of hydrogen-bond acceptors (Lipinski definition) is 4. The molecule has 34 heavy (non-hydrogen) atoms. The first-order valence-corrected chi connectivity index (χ1v) is 12.0. The summed E-state index contributed by atoms with van der Waals surface area (Å²) in [4.78, 5) is 15.6. The number of rotatable bonds is 5. The first kappa shape index (κ1) is 22.6. The molecule has 0 saturated carbocycles. The molecule has 2 aliphatic rings. The molecule has 0 aromatic heterocycles. The molecular formula is C29H32N2O3. The lowest BCUT2D eigenvalue weighted by atomic mass is 9.72. The first-order valence-electron chi connectivity index (χ1n) is 12.0. The van der Waals surface area contributed by atoms with Crippen LogP contribution in [0.3, 0.4) is 0 Å². The monoisotopic (exact) mass is 456 g/mol. The zero-order valence-electron chi connectivity index (χ0n) is 19.8. The number of carbonyl (C=O) groups is 1. The highest BCUT2D eigenvalue weighted by molar-refractivity contribution is 5.97. The lowest BCUT2D eigenvalue weighted by Gasteiger charge is -2.43. The predicted octanol–water partition coefficient (Wildman–Crippen LogP) is 4.38. The molecule has 2 atom stereocenters. The Hall–Kier alpha value is -3.15. The third-order valence-corrected chi connectivity index (χ3v) is 7.63. The largest absolute Gasteiger partial charge is 0.496 e. The van der Waals surface area contributed by atoms with E-state index in [2.05, 4.69) is 47.5 Å². The second-order valence-corrected chi connectivity index (χ2v) is 9.60. The summed E-state index contributed by atoms with van der Waals surface area (Å²) in [6.45, 7) is 4.84. The number of fused-ring (bicyclic) bond motifs is 2. The van der Waals surface area contributed by atoms with Crippen molar-refractivity contribution in [1.82, 2.24) is 10.2 Å². The van der Waals surface area contributed by atoms with Crippen LogP contribution in [-0.2, 0) is 12.0 Å². The van der Waals surface area contributed by atoms with E-state index in [4.69, 9.17) is 4.74 Å². The van der Waals surface area contributed by atoms with Gasteiger partial charge in [0.25, 0.3) is 5.91 Å². The second kappa shape index (κ2) is 9.24. The van der Waals surface area contributed by atoms with E-state index in [0.717, 1.165) is 38.0 Å². The molecule has 3 aromatic rings. The van der Waals surface area contributed by atoms with Crippen LogP contribution < -0.4 is 10.1 Å². The SMILES string of the molecule is COc1ccccc1C(=O)N[C@@H]1c2ccccc2C2(CCN(Cc3ccc(C)cc3)CC2)[C@H]1O. The standard InChI is InChI=1S/C29H32N2O3/c1-20-11-13-21(14-12-20)19-31-17-15-29(16-18-31)24-9-5-3-7-22(24)26(27(29)32)30-28(33)23-8-4-6-10-25(23)34-2/h3-14,26-27,32H,15-19H2,1-2H3,(H,30,33)/t26-,27+/m1/s1. The number of nitrogens with one attached hydrogen (secondary N) is 1. The average Bonchev–Trinajstić information content (AvgIpc) is 3.09. The van der Waals surface area contributed by atoms with Crippen molar-refractivity contribution in [3.63, 3.8) is 0 Å². The van der Waals surface area contributed by atoms with Gasteiger partial charge in [-0.05, 0) is 61.7 Å². The van der Waals surface area contributed by atoms with Crippen molar-refractivity contribution in [3.8, 4) is 5.75 Å². The molecular weight excluding hydrogens is 424 g/mol. The van der Waals surface area contributed by atoms with E-state index < -0.39 is 12.1 Å². The van der Waals surface area contributed by atoms with Gasteiger partial charge in [0.1, 0.15) is 5.75 Å². The minimum atomic E-state index is -0.676. The van der Waals surface area contributed by atoms with Gasteiger partial charge in [-0.25, -0.2) is 0 Å². The van der Waals surface area contributed by atoms with Crippen molar-refractivity contribution < 1.29 is 14.6 Å². The molecule has 1 aliphatic carbocycles. The molecule has 176 valence electrons. The highest BCUT2D eigenvalue weighted by atomic mass is 16.5. The van der Waals surface area contributed by atoms with E-state index in [1.54, 1.807) is 19.2 Å². The fourth-order valence-electron chi connectivity index (χ4n) is 5.70. The van der Waals surface area contributed by atoms with E-state index in [1.165, 1.54) is 16.7 Å². The molecule has 5 nitrogen and oxygen atoms in total. The van der Waals surface area contributed by atoms with Crippen LogP contribution in [0.15, 0.2) is 72.8 Å². The maximum atomic E-state index is 13.2. The number of para-hydroxylation sites is 1. The van der Waals surface area contributed by atoms with Gasteiger partial charge >= 0.3 is 0 Å². The molecule has 0 bridgehead atoms. The number of likely N-dealkylation sites (tertiary alicyclic amines) is 1. The van der Waals surface area contributed by atoms with Crippen molar-refractivity contribution in [1.29, 1.82) is 0 Å². The molecule has 5 heteroatoms. The van der Waals surface area contributed by atoms with Gasteiger partial charge in [-0.15, -0.1) is 0 Å². The molecule has 0 radical (unpaired) electrons. The van der Waals surface area contributed by atoms with E-state index in [-0.39, 0.29) is 11.3 Å². The lowest BCUT2D eigenvalue weighted by Crippen LogP contribution is -2.49. The summed E-state index contributed by atoms with van der Waals surface area (Å²) in [5.74, 6) is 0.296. The normalized spacial score (nSPS) is 21.3. The molecule has 1 fully saturated rings. The maximum Gasteiger partial charge on any atom is 0.255 e. The summed E-state index contributed by atoms with van der Waals surface area (Å²) in [5.41, 5.74) is 4.90. The van der Waals surface area contributed by atoms with Crippen LogP contribution in [0.1, 0.15) is 51.5 Å². The number of methoxy groups -OCH3 is 1. The van der Waals surface area contributed by atoms with Gasteiger partial charge in [0, 0.05) is 12.0 Å². The number of ether oxygens (including phenoxy) is 1. The molecule has 0 unspecified atom stereocenters. The third-order valence-electron chi connectivity index (χ3n) is 7.63. The van der Waals surface area contributed by atoms with Crippen LogP contribution in [0.4, 0.5) is 0 Å². The summed E-state index contributed by atoms with van der Waals surface area (Å²) < 4.78 is 5.38. The molecule has 5 rings (SSSR count). The molecule has 2 N–H and O–H groups in total. The van der Waals surface area contributed by atoms with Gasteiger partial charge < -0.3 is 15.2 Å². The Bertz CT molecular complexity index is 1170. The minimum Gasteiger partial charge on any atom is -0.496 e. The van der Waals surface area contributed by atoms with Crippen molar-refractivity contribution in [2.75, 3.05) is 20.2 Å². The van der Waals surface area contributed by atoms with Crippen LogP contribution in [0, 0.1) is 6.92 Å². The summed E-state index contributed by atoms with van der Waals surface area (Å²) >= 11 is 0. The Morgan fingerprint density at radius 1 is 1.03 bits per heavy atom. The minimum absolute atomic E-state index is 0.231. The van der Waals surface area contributed by atoms with Gasteiger partial charge in [0.2, 0.25) is 0 Å². The van der Waals surface area contributed by atoms with Crippen molar-refractivity contribution in [2.45, 2.75) is 43.9 Å². The van der Waals surface area contributed by atoms with Crippen LogP contribution >= 0.6 is 0 Å². The zero-order chi connectivity index (χ0) is 23.7. The highest BCUT2D eigenvalue weighted by Gasteiger charge is 2.53. The smallest absolute Gasteiger partial charge is 0.255 e. The number of nitrogens with zero attached hydrogens (tertiary/aromatic N) is 1. The maximum absolute atomic E-state index is 13.2. The molecule has 1 spiro atoms. The topological polar surface area (TPSA) is 61.8 Å². The van der Waals surface area contributed by atoms with Gasteiger partial charge in [0.15, 0.2) is 0 Å². The first-order chi connectivity index (χ1) is 16.5. The van der Waals surface area contributed by atoms with Gasteiger partial charge in [-0.3, -0.25) is 9.69 Å². The summed E-state index contributed by atoms with van der Waals surface area (Å²) in [6.07, 6.45) is 1.04. The number of carbonyl (C=O) groups excluding carboxylic acids is 1. The highest BCUT2D eigenvalue weighted by Crippen LogP contribution is 2.51. The Labute approximate surface area is 201 Å². The summed E-state index contributed by atoms with van der Waals surface area (Å²) in [6, 6.07) is 23.7. The van der Waals surface area contributed by atoms with Crippen molar-refractivity contribution in [3.05, 3.63) is 101 Å². The summed E-state index contributed by atoms with van der Waals surface area (Å²) in [5, 5.41) is 14.8. The van der Waals surface area contributed by atoms with Gasteiger partial charge in [0.05, 0.1) is 24.8 Å². The zero-order valence-corrected chi connectivity index (χ0v) is 19.8. The summed E-state index contributed by atoms with van der Waals surface area (Å²) in [7, 11) is 1.56. The van der Waals surface area contributed by atoms with Crippen LogP contribution in [-0.4, -0.2) is 42.2 Å². The van der Waals surface area contributed by atoms with Crippen LogP contribution in [0.2, 0.25) is 0 Å². The van der Waals surface area contributed by atoms with Crippen LogP contribution in [0.25, 0.3) is 0 Å². The number of amides is 1. The van der Waals surface area contributed by atoms with Crippen molar-refractivity contribution in [2.24, 2.45) is 0 Å². The Balaban J connectivity index is 1.35. The molecule has 1 aliphatic heterocycles. The van der Waals surface area contributed by atoms with E-state index in [1.807, 2.05) is 30.3 Å². The fraction of sp³-hybridized carbons (Fsp3) is 0.345. The lowest BCUT2D eigenvalue weighted by molar-refractivity contribution is 0.0192. The molecule has 1 amide bonds. The number of piperidine rings is 1. The second-order valence-electron chi connectivity index (χ2n) is 9.60. The number of aryl methyl sites for hydroxylation is 1. The number of benzene rings is 3. The van der Waals surface area contributed by atoms with Gasteiger partial charge in [-0.2, -0.15) is 0 Å². The Kier molecular flexibility index (Phi) is 6.15. The molecule has 3 aromatic carbocycles. The molecule has 1 saturated heterocycles. The molecule has 1 heterocycles. The van der Waals surface area contributed by atoms with E-state index >= 15 is 0 Å². The van der Waals surface area contributed by atoms with Crippen molar-refractivity contribution >= 4 is 5.91 Å². The van der Waals surface area contributed by atoms with E-state index in [9.17, 15) is 9.90 Å². The Morgan fingerprint density at radius 3 is 2.44 bits per heavy atom.